The van der Waals surface area contributed by atoms with E-state index in [-0.39, 0.29) is 11.8 Å². The second-order valence-electron chi connectivity index (χ2n) is 6.45. The number of carbonyl (C=O) groups is 2. The zero-order valence-electron chi connectivity index (χ0n) is 14.5. The van der Waals surface area contributed by atoms with E-state index in [9.17, 15) is 9.59 Å². The standard InChI is InChI=1S/C17H26BrN3O2/c1-12-11-13(18)7-8-14(12)20-16(23)17(2,3)15(22)19-9-6-10-21(4)5/h7-8,11H,6,9-10H2,1-5H3,(H,19,22)(H,20,23). The minimum Gasteiger partial charge on any atom is -0.355 e. The van der Waals surface area contributed by atoms with Gasteiger partial charge in [-0.15, -0.1) is 0 Å². The Bertz CT molecular complexity index is 571. The summed E-state index contributed by atoms with van der Waals surface area (Å²) in [5.41, 5.74) is 0.527. The SMILES string of the molecule is Cc1cc(Br)ccc1NC(=O)C(C)(C)C(=O)NCCCN(C)C. The van der Waals surface area contributed by atoms with Crippen LogP contribution in [-0.2, 0) is 9.59 Å². The van der Waals surface area contributed by atoms with E-state index >= 15 is 0 Å². The van der Waals surface area contributed by atoms with Gasteiger partial charge in [0, 0.05) is 16.7 Å². The van der Waals surface area contributed by atoms with E-state index < -0.39 is 5.41 Å². The van der Waals surface area contributed by atoms with Gasteiger partial charge < -0.3 is 15.5 Å². The number of amides is 2. The summed E-state index contributed by atoms with van der Waals surface area (Å²) in [6, 6.07) is 5.60. The highest BCUT2D eigenvalue weighted by Crippen LogP contribution is 2.23. The summed E-state index contributed by atoms with van der Waals surface area (Å²) in [5, 5.41) is 5.67. The molecule has 23 heavy (non-hydrogen) atoms. The minimum absolute atomic E-state index is 0.261. The molecule has 0 aliphatic heterocycles. The zero-order chi connectivity index (χ0) is 17.6. The third kappa shape index (κ3) is 5.95. The van der Waals surface area contributed by atoms with Gasteiger partial charge in [0.25, 0.3) is 0 Å². The predicted octanol–water partition coefficient (Wildman–Crippen LogP) is 2.79. The van der Waals surface area contributed by atoms with Crippen LogP contribution in [0.4, 0.5) is 5.69 Å². The zero-order valence-corrected chi connectivity index (χ0v) is 16.1. The number of nitrogens with zero attached hydrogens (tertiary/aromatic N) is 1. The van der Waals surface area contributed by atoms with E-state index in [4.69, 9.17) is 0 Å². The van der Waals surface area contributed by atoms with Gasteiger partial charge in [0.1, 0.15) is 5.41 Å². The fraction of sp³-hybridized carbons (Fsp3) is 0.529. The summed E-state index contributed by atoms with van der Waals surface area (Å²) in [4.78, 5) is 26.8. The van der Waals surface area contributed by atoms with Crippen LogP contribution in [-0.4, -0.2) is 43.9 Å². The lowest BCUT2D eigenvalue weighted by Crippen LogP contribution is -2.45. The topological polar surface area (TPSA) is 61.4 Å². The Kier molecular flexibility index (Phi) is 7.22. The van der Waals surface area contributed by atoms with E-state index in [1.807, 2.05) is 39.2 Å². The first kappa shape index (κ1) is 19.6. The summed E-state index contributed by atoms with van der Waals surface area (Å²) < 4.78 is 0.950. The van der Waals surface area contributed by atoms with Gasteiger partial charge in [0.15, 0.2) is 0 Å². The van der Waals surface area contributed by atoms with Gasteiger partial charge in [-0.1, -0.05) is 15.9 Å². The molecule has 0 unspecified atom stereocenters. The monoisotopic (exact) mass is 383 g/mol. The molecule has 1 aromatic rings. The third-order valence-electron chi connectivity index (χ3n) is 3.64. The van der Waals surface area contributed by atoms with Crippen molar-refractivity contribution in [3.63, 3.8) is 0 Å². The van der Waals surface area contributed by atoms with E-state index in [2.05, 4.69) is 31.5 Å². The molecule has 0 saturated heterocycles. The van der Waals surface area contributed by atoms with Crippen LogP contribution >= 0.6 is 15.9 Å². The molecule has 0 fully saturated rings. The minimum atomic E-state index is -1.13. The number of halogens is 1. The first-order valence-electron chi connectivity index (χ1n) is 7.65. The molecule has 5 nitrogen and oxygen atoms in total. The number of aryl methyl sites for hydroxylation is 1. The molecule has 0 aliphatic carbocycles. The van der Waals surface area contributed by atoms with E-state index in [0.717, 1.165) is 23.0 Å². The van der Waals surface area contributed by atoms with Crippen molar-refractivity contribution in [3.8, 4) is 0 Å². The van der Waals surface area contributed by atoms with Crippen LogP contribution in [0, 0.1) is 12.3 Å². The predicted molar refractivity (Wildman–Crippen MR) is 97.5 cm³/mol. The normalized spacial score (nSPS) is 11.4. The molecule has 1 aromatic carbocycles. The lowest BCUT2D eigenvalue weighted by atomic mass is 9.90. The van der Waals surface area contributed by atoms with Crippen LogP contribution in [0.15, 0.2) is 22.7 Å². The van der Waals surface area contributed by atoms with Gasteiger partial charge in [0.05, 0.1) is 0 Å². The first-order chi connectivity index (χ1) is 10.6. The summed E-state index contributed by atoms with van der Waals surface area (Å²) in [6.07, 6.45) is 0.849. The van der Waals surface area contributed by atoms with Crippen molar-refractivity contribution in [1.82, 2.24) is 10.2 Å². The maximum atomic E-state index is 12.5. The molecule has 2 amide bonds. The second kappa shape index (κ2) is 8.45. The number of nitrogens with one attached hydrogen (secondary N) is 2. The lowest BCUT2D eigenvalue weighted by molar-refractivity contribution is -0.138. The molecular weight excluding hydrogens is 358 g/mol. The lowest BCUT2D eigenvalue weighted by Gasteiger charge is -2.23. The van der Waals surface area contributed by atoms with Crippen molar-refractivity contribution in [2.75, 3.05) is 32.5 Å². The molecule has 2 N–H and O–H groups in total. The average molecular weight is 384 g/mol. The molecule has 6 heteroatoms. The van der Waals surface area contributed by atoms with Gasteiger partial charge in [-0.05, 0) is 71.6 Å². The number of anilines is 1. The summed E-state index contributed by atoms with van der Waals surface area (Å²) >= 11 is 3.39. The number of carbonyl (C=O) groups excluding carboxylic acids is 2. The Hall–Kier alpha value is -1.40. The van der Waals surface area contributed by atoms with Crippen molar-refractivity contribution < 1.29 is 9.59 Å². The molecule has 128 valence electrons. The van der Waals surface area contributed by atoms with Crippen LogP contribution in [0.2, 0.25) is 0 Å². The first-order valence-corrected chi connectivity index (χ1v) is 8.44. The van der Waals surface area contributed by atoms with Crippen LogP contribution in [0.3, 0.4) is 0 Å². The van der Waals surface area contributed by atoms with Gasteiger partial charge in [-0.25, -0.2) is 0 Å². The highest BCUT2D eigenvalue weighted by molar-refractivity contribution is 9.10. The Morgan fingerprint density at radius 2 is 1.87 bits per heavy atom. The third-order valence-corrected chi connectivity index (χ3v) is 4.13. The highest BCUT2D eigenvalue weighted by atomic mass is 79.9. The molecule has 0 heterocycles. The van der Waals surface area contributed by atoms with Crippen LogP contribution in [0.1, 0.15) is 25.8 Å². The smallest absolute Gasteiger partial charge is 0.239 e. The Morgan fingerprint density at radius 3 is 2.43 bits per heavy atom. The summed E-state index contributed by atoms with van der Waals surface area (Å²) in [6.45, 7) is 6.64. The largest absolute Gasteiger partial charge is 0.355 e. The average Bonchev–Trinajstić information content (AvgIpc) is 2.45. The maximum absolute atomic E-state index is 12.5. The van der Waals surface area contributed by atoms with Gasteiger partial charge >= 0.3 is 0 Å². The Balaban J connectivity index is 2.63. The Morgan fingerprint density at radius 1 is 1.22 bits per heavy atom. The van der Waals surface area contributed by atoms with Crippen molar-refractivity contribution in [2.45, 2.75) is 27.2 Å². The van der Waals surface area contributed by atoms with Crippen molar-refractivity contribution >= 4 is 33.4 Å². The van der Waals surface area contributed by atoms with Gasteiger partial charge in [-0.3, -0.25) is 9.59 Å². The molecule has 0 aromatic heterocycles. The molecular formula is C17H26BrN3O2. The van der Waals surface area contributed by atoms with Crippen LogP contribution < -0.4 is 10.6 Å². The highest BCUT2D eigenvalue weighted by Gasteiger charge is 2.36. The summed E-state index contributed by atoms with van der Waals surface area (Å²) in [5.74, 6) is -0.573. The molecule has 0 aliphatic rings. The number of benzene rings is 1. The number of hydrogen-bond donors (Lipinski definition) is 2. The van der Waals surface area contributed by atoms with Gasteiger partial charge in [-0.2, -0.15) is 0 Å². The van der Waals surface area contributed by atoms with E-state index in [1.165, 1.54) is 0 Å². The fourth-order valence-electron chi connectivity index (χ4n) is 1.97. The Labute approximate surface area is 146 Å². The van der Waals surface area contributed by atoms with Crippen molar-refractivity contribution in [3.05, 3.63) is 28.2 Å². The van der Waals surface area contributed by atoms with Gasteiger partial charge in [0.2, 0.25) is 11.8 Å². The second-order valence-corrected chi connectivity index (χ2v) is 7.37. The van der Waals surface area contributed by atoms with E-state index in [1.54, 1.807) is 13.8 Å². The van der Waals surface area contributed by atoms with Crippen molar-refractivity contribution in [1.29, 1.82) is 0 Å². The molecule has 1 rings (SSSR count). The molecule has 0 radical (unpaired) electrons. The molecule has 0 bridgehead atoms. The number of rotatable bonds is 7. The molecule has 0 spiro atoms. The quantitative estimate of drug-likeness (QED) is 0.562. The molecule has 0 saturated carbocycles. The summed E-state index contributed by atoms with van der Waals surface area (Å²) in [7, 11) is 3.97. The number of hydrogen-bond acceptors (Lipinski definition) is 3. The van der Waals surface area contributed by atoms with E-state index in [0.29, 0.717) is 12.2 Å². The fourth-order valence-corrected chi connectivity index (χ4v) is 2.44. The maximum Gasteiger partial charge on any atom is 0.239 e. The van der Waals surface area contributed by atoms with Crippen molar-refractivity contribution in [2.24, 2.45) is 5.41 Å². The van der Waals surface area contributed by atoms with Crippen LogP contribution in [0.5, 0.6) is 0 Å². The van der Waals surface area contributed by atoms with Crippen LogP contribution in [0.25, 0.3) is 0 Å². The molecule has 0 atom stereocenters.